The first-order valence-electron chi connectivity index (χ1n) is 7.64. The molecule has 0 spiro atoms. The van der Waals surface area contributed by atoms with Crippen LogP contribution in [-0.4, -0.2) is 36.1 Å². The largest absolute Gasteiger partial charge is 0.444 e. The quantitative estimate of drug-likeness (QED) is 0.725. The van der Waals surface area contributed by atoms with Gasteiger partial charge in [0.05, 0.1) is 19.3 Å². The molecule has 5 nitrogen and oxygen atoms in total. The highest BCUT2D eigenvalue weighted by Crippen LogP contribution is 2.08. The summed E-state index contributed by atoms with van der Waals surface area (Å²) in [7, 11) is 0. The molecule has 5 heteroatoms. The fraction of sp³-hybridized carbons (Fsp3) is 0.588. The molecule has 0 bridgehead atoms. The van der Waals surface area contributed by atoms with Gasteiger partial charge in [-0.25, -0.2) is 4.79 Å². The van der Waals surface area contributed by atoms with Crippen LogP contribution in [0.15, 0.2) is 30.3 Å². The van der Waals surface area contributed by atoms with Crippen molar-refractivity contribution in [3.63, 3.8) is 0 Å². The molecule has 1 rings (SSSR count). The van der Waals surface area contributed by atoms with Crippen LogP contribution in [0.3, 0.4) is 0 Å². The second-order valence-corrected chi connectivity index (χ2v) is 6.17. The number of hydrogen-bond acceptors (Lipinski definition) is 4. The van der Waals surface area contributed by atoms with Crippen LogP contribution < -0.4 is 5.32 Å². The molecule has 124 valence electrons. The Morgan fingerprint density at radius 3 is 2.55 bits per heavy atom. The third-order valence-electron chi connectivity index (χ3n) is 2.90. The zero-order chi connectivity index (χ0) is 16.4. The predicted molar refractivity (Wildman–Crippen MR) is 85.6 cm³/mol. The van der Waals surface area contributed by atoms with Crippen LogP contribution in [0.2, 0.25) is 0 Å². The Morgan fingerprint density at radius 2 is 1.95 bits per heavy atom. The SMILES string of the molecule is CC(C)(C)OC(=O)NCCC[C@@H](CO)OCc1ccccc1. The van der Waals surface area contributed by atoms with Gasteiger partial charge in [0.15, 0.2) is 0 Å². The van der Waals surface area contributed by atoms with Gasteiger partial charge in [0.1, 0.15) is 5.60 Å². The molecule has 0 radical (unpaired) electrons. The van der Waals surface area contributed by atoms with E-state index < -0.39 is 11.7 Å². The van der Waals surface area contributed by atoms with Gasteiger partial charge < -0.3 is 19.9 Å². The summed E-state index contributed by atoms with van der Waals surface area (Å²) in [5.41, 5.74) is 0.587. The van der Waals surface area contributed by atoms with Crippen molar-refractivity contribution >= 4 is 6.09 Å². The zero-order valence-electron chi connectivity index (χ0n) is 13.7. The van der Waals surface area contributed by atoms with Crippen molar-refractivity contribution in [3.8, 4) is 0 Å². The number of aliphatic hydroxyl groups is 1. The lowest BCUT2D eigenvalue weighted by Gasteiger charge is -2.20. The highest BCUT2D eigenvalue weighted by molar-refractivity contribution is 5.67. The lowest BCUT2D eigenvalue weighted by atomic mass is 10.2. The maximum absolute atomic E-state index is 11.5. The molecule has 2 N–H and O–H groups in total. The van der Waals surface area contributed by atoms with Gasteiger partial charge in [-0.1, -0.05) is 30.3 Å². The average Bonchev–Trinajstić information content (AvgIpc) is 2.46. The van der Waals surface area contributed by atoms with Crippen LogP contribution in [0, 0.1) is 0 Å². The summed E-state index contributed by atoms with van der Waals surface area (Å²) in [4.78, 5) is 11.5. The Morgan fingerprint density at radius 1 is 1.27 bits per heavy atom. The van der Waals surface area contributed by atoms with E-state index in [9.17, 15) is 9.90 Å². The third kappa shape index (κ3) is 8.64. The molecule has 1 amide bonds. The maximum Gasteiger partial charge on any atom is 0.407 e. The number of hydrogen-bond donors (Lipinski definition) is 2. The molecule has 0 saturated carbocycles. The van der Waals surface area contributed by atoms with E-state index in [1.54, 1.807) is 0 Å². The molecule has 0 unspecified atom stereocenters. The number of amides is 1. The highest BCUT2D eigenvalue weighted by Gasteiger charge is 2.15. The van der Waals surface area contributed by atoms with Crippen LogP contribution in [0.1, 0.15) is 39.2 Å². The predicted octanol–water partition coefficient (Wildman–Crippen LogP) is 2.87. The van der Waals surface area contributed by atoms with Gasteiger partial charge >= 0.3 is 6.09 Å². The molecular formula is C17H27NO4. The molecule has 0 saturated heterocycles. The van der Waals surface area contributed by atoms with E-state index in [1.165, 1.54) is 0 Å². The standard InChI is InChI=1S/C17H27NO4/c1-17(2,3)22-16(20)18-11-7-10-15(12-19)21-13-14-8-5-4-6-9-14/h4-6,8-9,15,19H,7,10-13H2,1-3H3,(H,18,20)/t15-/m0/s1. The van der Waals surface area contributed by atoms with Gasteiger partial charge in [-0.2, -0.15) is 0 Å². The van der Waals surface area contributed by atoms with Crippen LogP contribution in [0.5, 0.6) is 0 Å². The third-order valence-corrected chi connectivity index (χ3v) is 2.90. The average molecular weight is 309 g/mol. The number of benzene rings is 1. The lowest BCUT2D eigenvalue weighted by molar-refractivity contribution is -0.00328. The summed E-state index contributed by atoms with van der Waals surface area (Å²) in [5, 5.41) is 12.0. The first-order chi connectivity index (χ1) is 10.4. The Hall–Kier alpha value is -1.59. The van der Waals surface area contributed by atoms with E-state index in [0.717, 1.165) is 12.0 Å². The molecule has 0 aliphatic heterocycles. The summed E-state index contributed by atoms with van der Waals surface area (Å²) < 4.78 is 10.8. The number of alkyl carbamates (subject to hydrolysis) is 1. The second-order valence-electron chi connectivity index (χ2n) is 6.17. The first kappa shape index (κ1) is 18.5. The summed E-state index contributed by atoms with van der Waals surface area (Å²) >= 11 is 0. The second kappa shape index (κ2) is 9.43. The van der Waals surface area contributed by atoms with Crippen molar-refractivity contribution in [2.45, 2.75) is 51.9 Å². The van der Waals surface area contributed by atoms with E-state index in [1.807, 2.05) is 51.1 Å². The minimum Gasteiger partial charge on any atom is -0.444 e. The molecule has 0 heterocycles. The van der Waals surface area contributed by atoms with E-state index in [-0.39, 0.29) is 12.7 Å². The van der Waals surface area contributed by atoms with Crippen molar-refractivity contribution in [3.05, 3.63) is 35.9 Å². The normalized spacial score (nSPS) is 12.7. The monoisotopic (exact) mass is 309 g/mol. The van der Waals surface area contributed by atoms with Crippen LogP contribution >= 0.6 is 0 Å². The molecule has 0 aromatic heterocycles. The van der Waals surface area contributed by atoms with Gasteiger partial charge in [-0.15, -0.1) is 0 Å². The molecule has 1 aromatic rings. The van der Waals surface area contributed by atoms with Crippen molar-refractivity contribution in [1.82, 2.24) is 5.32 Å². The van der Waals surface area contributed by atoms with Crippen molar-refractivity contribution < 1.29 is 19.4 Å². The maximum atomic E-state index is 11.5. The van der Waals surface area contributed by atoms with Gasteiger partial charge in [0, 0.05) is 6.54 Å². The number of nitrogens with one attached hydrogen (secondary N) is 1. The number of carbonyl (C=O) groups excluding carboxylic acids is 1. The van der Waals surface area contributed by atoms with Gasteiger partial charge in [-0.3, -0.25) is 0 Å². The van der Waals surface area contributed by atoms with Crippen LogP contribution in [-0.2, 0) is 16.1 Å². The van der Waals surface area contributed by atoms with E-state index in [4.69, 9.17) is 9.47 Å². The topological polar surface area (TPSA) is 67.8 Å². The Kier molecular flexibility index (Phi) is 7.91. The number of ether oxygens (including phenoxy) is 2. The fourth-order valence-electron chi connectivity index (χ4n) is 1.85. The van der Waals surface area contributed by atoms with Crippen LogP contribution in [0.4, 0.5) is 4.79 Å². The fourth-order valence-corrected chi connectivity index (χ4v) is 1.85. The number of aliphatic hydroxyl groups excluding tert-OH is 1. The molecule has 1 atom stereocenters. The van der Waals surface area contributed by atoms with Gasteiger partial charge in [0.25, 0.3) is 0 Å². The zero-order valence-corrected chi connectivity index (χ0v) is 13.7. The van der Waals surface area contributed by atoms with Crippen molar-refractivity contribution in [2.75, 3.05) is 13.2 Å². The Balaban J connectivity index is 2.17. The summed E-state index contributed by atoms with van der Waals surface area (Å²) in [6.07, 6.45) is 0.761. The molecule has 1 aromatic carbocycles. The summed E-state index contributed by atoms with van der Waals surface area (Å²) in [6.45, 7) is 6.42. The lowest BCUT2D eigenvalue weighted by Crippen LogP contribution is -2.33. The smallest absolute Gasteiger partial charge is 0.407 e. The molecular weight excluding hydrogens is 282 g/mol. The number of rotatable bonds is 8. The minimum absolute atomic E-state index is 0.0285. The highest BCUT2D eigenvalue weighted by atomic mass is 16.6. The van der Waals surface area contributed by atoms with Crippen molar-refractivity contribution in [1.29, 1.82) is 0 Å². The number of carbonyl (C=O) groups is 1. The molecule has 0 aliphatic rings. The van der Waals surface area contributed by atoms with E-state index >= 15 is 0 Å². The van der Waals surface area contributed by atoms with Crippen LogP contribution in [0.25, 0.3) is 0 Å². The van der Waals surface area contributed by atoms with Gasteiger partial charge in [-0.05, 0) is 39.2 Å². The van der Waals surface area contributed by atoms with Gasteiger partial charge in [0.2, 0.25) is 0 Å². The summed E-state index contributed by atoms with van der Waals surface area (Å²) in [6, 6.07) is 9.83. The molecule has 22 heavy (non-hydrogen) atoms. The first-order valence-corrected chi connectivity index (χ1v) is 7.64. The summed E-state index contributed by atoms with van der Waals surface area (Å²) in [5.74, 6) is 0. The molecule has 0 aliphatic carbocycles. The van der Waals surface area contributed by atoms with E-state index in [2.05, 4.69) is 5.32 Å². The van der Waals surface area contributed by atoms with E-state index in [0.29, 0.717) is 19.6 Å². The minimum atomic E-state index is -0.490. The van der Waals surface area contributed by atoms with Crippen molar-refractivity contribution in [2.24, 2.45) is 0 Å². The Labute approximate surface area is 132 Å². The Bertz CT molecular complexity index is 428. The molecule has 0 fully saturated rings.